The van der Waals surface area contributed by atoms with E-state index in [1.54, 1.807) is 12.4 Å². The SMILES string of the molecule is Nc1ncc(-c2nc(N3CCOCC3)c3sc(CN4CCC(N5CCCC5)CC4)cc3n2)cn1. The maximum absolute atomic E-state index is 5.69. The zero-order valence-corrected chi connectivity index (χ0v) is 20.3. The third-order valence-corrected chi connectivity index (χ3v) is 8.34. The van der Waals surface area contributed by atoms with E-state index in [9.17, 15) is 0 Å². The predicted octanol–water partition coefficient (Wildman–Crippen LogP) is 2.63. The largest absolute Gasteiger partial charge is 0.378 e. The number of piperidine rings is 1. The third kappa shape index (κ3) is 4.59. The summed E-state index contributed by atoms with van der Waals surface area (Å²) >= 11 is 1.83. The molecule has 0 radical (unpaired) electrons. The molecule has 2 N–H and O–H groups in total. The van der Waals surface area contributed by atoms with Gasteiger partial charge in [-0.1, -0.05) is 0 Å². The summed E-state index contributed by atoms with van der Waals surface area (Å²) in [5.41, 5.74) is 7.46. The van der Waals surface area contributed by atoms with Crippen LogP contribution in [0.15, 0.2) is 18.5 Å². The molecule has 0 amide bonds. The Hall–Kier alpha value is -2.40. The highest BCUT2D eigenvalue weighted by Crippen LogP contribution is 2.35. The van der Waals surface area contributed by atoms with Crippen LogP contribution in [0.25, 0.3) is 21.6 Å². The molecule has 34 heavy (non-hydrogen) atoms. The maximum atomic E-state index is 5.69. The Balaban J connectivity index is 1.25. The van der Waals surface area contributed by atoms with Crippen LogP contribution in [0.1, 0.15) is 30.6 Å². The van der Waals surface area contributed by atoms with Gasteiger partial charge in [-0.2, -0.15) is 0 Å². The van der Waals surface area contributed by atoms with Gasteiger partial charge in [0, 0.05) is 56.0 Å². The van der Waals surface area contributed by atoms with E-state index in [1.807, 2.05) is 11.3 Å². The number of morpholine rings is 1. The average molecular weight is 481 g/mol. The fraction of sp³-hybridized carbons (Fsp3) is 0.583. The van der Waals surface area contributed by atoms with Gasteiger partial charge in [-0.05, 0) is 44.8 Å². The number of rotatable bonds is 5. The molecule has 9 nitrogen and oxygen atoms in total. The highest BCUT2D eigenvalue weighted by atomic mass is 32.1. The number of likely N-dealkylation sites (tertiary alicyclic amines) is 2. The lowest BCUT2D eigenvalue weighted by Gasteiger charge is -2.36. The molecule has 0 atom stereocenters. The van der Waals surface area contributed by atoms with Crippen LogP contribution in [-0.4, -0.2) is 88.3 Å². The van der Waals surface area contributed by atoms with Crippen LogP contribution in [0, 0.1) is 0 Å². The van der Waals surface area contributed by atoms with E-state index in [2.05, 4.69) is 30.7 Å². The molecule has 3 aliphatic heterocycles. The Bertz CT molecular complexity index is 1120. The summed E-state index contributed by atoms with van der Waals surface area (Å²) in [4.78, 5) is 27.1. The molecule has 0 aliphatic carbocycles. The molecular weight excluding hydrogens is 448 g/mol. The van der Waals surface area contributed by atoms with Crippen LogP contribution in [0.4, 0.5) is 11.8 Å². The lowest BCUT2D eigenvalue weighted by Crippen LogP contribution is -2.43. The Kier molecular flexibility index (Phi) is 6.30. The van der Waals surface area contributed by atoms with Crippen LogP contribution in [0.5, 0.6) is 0 Å². The molecule has 0 spiro atoms. The van der Waals surface area contributed by atoms with Crippen molar-refractivity contribution in [2.45, 2.75) is 38.3 Å². The minimum atomic E-state index is 0.254. The first-order valence-corrected chi connectivity index (χ1v) is 13.2. The summed E-state index contributed by atoms with van der Waals surface area (Å²) in [6, 6.07) is 3.03. The van der Waals surface area contributed by atoms with E-state index in [1.165, 1.54) is 56.7 Å². The van der Waals surface area contributed by atoms with E-state index >= 15 is 0 Å². The van der Waals surface area contributed by atoms with Crippen molar-refractivity contribution in [1.29, 1.82) is 0 Å². The number of nitrogen functional groups attached to an aromatic ring is 1. The number of anilines is 2. The minimum absolute atomic E-state index is 0.254. The molecule has 0 bridgehead atoms. The molecular formula is C24H32N8OS. The van der Waals surface area contributed by atoms with Gasteiger partial charge < -0.3 is 20.3 Å². The summed E-state index contributed by atoms with van der Waals surface area (Å²) < 4.78 is 6.74. The van der Waals surface area contributed by atoms with Gasteiger partial charge in [0.15, 0.2) is 11.6 Å². The van der Waals surface area contributed by atoms with Crippen molar-refractivity contribution in [3.63, 3.8) is 0 Å². The van der Waals surface area contributed by atoms with Gasteiger partial charge in [0.2, 0.25) is 5.95 Å². The van der Waals surface area contributed by atoms with Gasteiger partial charge in [-0.25, -0.2) is 19.9 Å². The van der Waals surface area contributed by atoms with Gasteiger partial charge in [-0.3, -0.25) is 4.90 Å². The van der Waals surface area contributed by atoms with Crippen LogP contribution in [0.2, 0.25) is 0 Å². The Labute approximate surface area is 204 Å². The molecule has 3 fully saturated rings. The summed E-state index contributed by atoms with van der Waals surface area (Å²) in [6.07, 6.45) is 8.71. The van der Waals surface area contributed by atoms with Crippen molar-refractivity contribution < 1.29 is 4.74 Å². The lowest BCUT2D eigenvalue weighted by molar-refractivity contribution is 0.122. The molecule has 3 aliphatic rings. The first kappa shape index (κ1) is 22.1. The molecule has 180 valence electrons. The Morgan fingerprint density at radius 3 is 2.44 bits per heavy atom. The first-order valence-electron chi connectivity index (χ1n) is 12.4. The zero-order chi connectivity index (χ0) is 22.9. The fourth-order valence-electron chi connectivity index (χ4n) is 5.38. The van der Waals surface area contributed by atoms with Gasteiger partial charge >= 0.3 is 0 Å². The number of aromatic nitrogens is 4. The molecule has 0 saturated carbocycles. The third-order valence-electron chi connectivity index (χ3n) is 7.24. The second-order valence-corrected chi connectivity index (χ2v) is 10.6. The predicted molar refractivity (Wildman–Crippen MR) is 135 cm³/mol. The van der Waals surface area contributed by atoms with Crippen LogP contribution in [-0.2, 0) is 11.3 Å². The first-order chi connectivity index (χ1) is 16.7. The lowest BCUT2D eigenvalue weighted by atomic mass is 10.0. The topological polar surface area (TPSA) is 96.5 Å². The Morgan fingerprint density at radius 2 is 1.71 bits per heavy atom. The molecule has 6 heterocycles. The van der Waals surface area contributed by atoms with Crippen molar-refractivity contribution >= 4 is 33.3 Å². The monoisotopic (exact) mass is 480 g/mol. The smallest absolute Gasteiger partial charge is 0.219 e. The molecule has 3 aromatic heterocycles. The summed E-state index contributed by atoms with van der Waals surface area (Å²) in [6.45, 7) is 9.03. The van der Waals surface area contributed by atoms with Crippen LogP contribution in [0.3, 0.4) is 0 Å². The molecule has 3 saturated heterocycles. The molecule has 0 unspecified atom stereocenters. The minimum Gasteiger partial charge on any atom is -0.378 e. The highest BCUT2D eigenvalue weighted by Gasteiger charge is 2.27. The van der Waals surface area contributed by atoms with Crippen molar-refractivity contribution in [2.75, 3.05) is 63.1 Å². The van der Waals surface area contributed by atoms with Crippen molar-refractivity contribution in [3.05, 3.63) is 23.3 Å². The molecule has 10 heteroatoms. The van der Waals surface area contributed by atoms with Crippen molar-refractivity contribution in [1.82, 2.24) is 29.7 Å². The standard InChI is InChI=1S/C24H32N8OS/c25-24-26-14-17(15-27-24)22-28-20-13-19(34-21(20)23(29-22)32-9-11-33-12-10-32)16-30-7-3-18(4-8-30)31-5-1-2-6-31/h13-15,18H,1-12,16H2,(H2,25,26,27). The van der Waals surface area contributed by atoms with Gasteiger partial charge in [-0.15, -0.1) is 11.3 Å². The van der Waals surface area contributed by atoms with E-state index in [0.29, 0.717) is 5.82 Å². The highest BCUT2D eigenvalue weighted by molar-refractivity contribution is 7.19. The number of nitrogens with two attached hydrogens (primary N) is 1. The van der Waals surface area contributed by atoms with Crippen LogP contribution < -0.4 is 10.6 Å². The summed E-state index contributed by atoms with van der Waals surface area (Å²) in [5, 5.41) is 0. The molecule has 0 aromatic carbocycles. The van der Waals surface area contributed by atoms with E-state index in [4.69, 9.17) is 20.4 Å². The van der Waals surface area contributed by atoms with Crippen molar-refractivity contribution in [3.8, 4) is 11.4 Å². The van der Waals surface area contributed by atoms with Gasteiger partial charge in [0.1, 0.15) is 0 Å². The number of hydrogen-bond acceptors (Lipinski definition) is 10. The molecule has 3 aromatic rings. The number of ether oxygens (including phenoxy) is 1. The number of thiophene rings is 1. The fourth-order valence-corrected chi connectivity index (χ4v) is 6.54. The number of nitrogens with zero attached hydrogens (tertiary/aromatic N) is 7. The van der Waals surface area contributed by atoms with Gasteiger partial charge in [0.25, 0.3) is 0 Å². The van der Waals surface area contributed by atoms with Gasteiger partial charge in [0.05, 0.1) is 29.0 Å². The maximum Gasteiger partial charge on any atom is 0.219 e. The van der Waals surface area contributed by atoms with Crippen LogP contribution >= 0.6 is 11.3 Å². The quantitative estimate of drug-likeness (QED) is 0.591. The van der Waals surface area contributed by atoms with E-state index in [-0.39, 0.29) is 5.95 Å². The number of hydrogen-bond donors (Lipinski definition) is 1. The average Bonchev–Trinajstić information content (AvgIpc) is 3.55. The number of fused-ring (bicyclic) bond motifs is 1. The van der Waals surface area contributed by atoms with E-state index < -0.39 is 0 Å². The normalized spacial score (nSPS) is 21.0. The zero-order valence-electron chi connectivity index (χ0n) is 19.5. The second kappa shape index (κ2) is 9.69. The molecule has 6 rings (SSSR count). The Morgan fingerprint density at radius 1 is 0.971 bits per heavy atom. The second-order valence-electron chi connectivity index (χ2n) is 9.48. The summed E-state index contributed by atoms with van der Waals surface area (Å²) in [7, 11) is 0. The van der Waals surface area contributed by atoms with E-state index in [0.717, 1.165) is 60.5 Å². The van der Waals surface area contributed by atoms with Crippen molar-refractivity contribution in [2.24, 2.45) is 0 Å². The summed E-state index contributed by atoms with van der Waals surface area (Å²) in [5.74, 6) is 1.89.